The van der Waals surface area contributed by atoms with Crippen molar-refractivity contribution in [2.45, 2.75) is 43.2 Å². The van der Waals surface area contributed by atoms with Gasteiger partial charge in [-0.25, -0.2) is 0 Å². The molecule has 0 nitrogen and oxygen atoms in total. The van der Waals surface area contributed by atoms with E-state index in [1.165, 1.54) is 12.8 Å². The van der Waals surface area contributed by atoms with Gasteiger partial charge in [0.05, 0.1) is 0 Å². The first-order valence-corrected chi connectivity index (χ1v) is 23.2. The molecule has 0 saturated carbocycles. The summed E-state index contributed by atoms with van der Waals surface area (Å²) in [7, 11) is 0. The molecule has 0 spiro atoms. The van der Waals surface area contributed by atoms with Gasteiger partial charge in [-0.3, -0.25) is 0 Å². The minimum atomic E-state index is -3.01. The van der Waals surface area contributed by atoms with E-state index in [1.807, 2.05) is 0 Å². The predicted molar refractivity (Wildman–Crippen MR) is 119 cm³/mol. The summed E-state index contributed by atoms with van der Waals surface area (Å²) in [5.74, 6) is 1.61. The minimum Gasteiger partial charge on any atom is -0.147 e. The zero-order chi connectivity index (χ0) is 17.1. The smallest absolute Gasteiger partial charge is 0.147 e. The van der Waals surface area contributed by atoms with Crippen LogP contribution in [0.1, 0.15) is 43.4 Å². The zero-order valence-corrected chi connectivity index (χ0v) is 21.9. The number of benzene rings is 2. The van der Waals surface area contributed by atoms with Crippen molar-refractivity contribution in [3.05, 3.63) is 70.8 Å². The van der Waals surface area contributed by atoms with Crippen LogP contribution in [-0.2, 0) is 30.2 Å². The van der Waals surface area contributed by atoms with Crippen molar-refractivity contribution in [3.63, 3.8) is 0 Å². The molecule has 0 aromatic heterocycles. The molecule has 4 unspecified atom stereocenters. The van der Waals surface area contributed by atoms with Crippen molar-refractivity contribution < 1.29 is 17.4 Å². The van der Waals surface area contributed by atoms with Gasteiger partial charge in [0.25, 0.3) is 0 Å². The molecule has 2 aromatic rings. The Morgan fingerprint density at radius 3 is 1.46 bits per heavy atom. The third-order valence-electron chi connectivity index (χ3n) is 7.05. The van der Waals surface area contributed by atoms with Crippen molar-refractivity contribution in [1.82, 2.24) is 0 Å². The maximum absolute atomic E-state index is 3.01. The monoisotopic (exact) mass is 484 g/mol. The van der Waals surface area contributed by atoms with Gasteiger partial charge in [0.15, 0.2) is 0 Å². The number of rotatable bonds is 2. The number of hydrogen-bond donors (Lipinski definition) is 0. The van der Waals surface area contributed by atoms with Crippen LogP contribution in [0.2, 0.25) is 9.26 Å². The van der Waals surface area contributed by atoms with Gasteiger partial charge in [0.1, 0.15) is 0 Å². The van der Waals surface area contributed by atoms with Crippen molar-refractivity contribution >= 4 is 31.7 Å². The molecule has 26 heavy (non-hydrogen) atoms. The molecule has 4 atom stereocenters. The summed E-state index contributed by atoms with van der Waals surface area (Å²) in [6, 6.07) is 18.7. The molecule has 0 bridgehead atoms. The van der Waals surface area contributed by atoms with Crippen molar-refractivity contribution in [1.29, 1.82) is 0 Å². The second-order valence-electron chi connectivity index (χ2n) is 9.65. The van der Waals surface area contributed by atoms with Gasteiger partial charge in [-0.1, -0.05) is 0 Å². The van der Waals surface area contributed by atoms with E-state index in [2.05, 4.69) is 78.5 Å². The Balaban J connectivity index is 0.00000121. The van der Waals surface area contributed by atoms with Crippen LogP contribution in [0.15, 0.2) is 48.5 Å². The topological polar surface area (TPSA) is 0 Å². The number of hydrogen-bond acceptors (Lipinski definition) is 0. The Hall–Kier alpha value is 0.120. The van der Waals surface area contributed by atoms with Crippen LogP contribution in [0.4, 0.5) is 0 Å². The average Bonchev–Trinajstić information content (AvgIpc) is 3.02. The largest absolute Gasteiger partial charge is 0.147 e. The van der Waals surface area contributed by atoms with E-state index in [0.29, 0.717) is 0 Å². The molecule has 0 amide bonds. The molecule has 0 radical (unpaired) electrons. The summed E-state index contributed by atoms with van der Waals surface area (Å²) in [6.45, 7) is 7.53. The Kier molecular flexibility index (Phi) is 6.47. The molecule has 4 heteroatoms. The van der Waals surface area contributed by atoms with E-state index in [1.54, 1.807) is 22.3 Å². The van der Waals surface area contributed by atoms with E-state index in [0.717, 1.165) is 19.1 Å². The SMILES string of the molecule is CC1Cc2ccccc2[CH]1[Zr]([CH3])([CH3])(=[SiH2])[CH]1c2ccccc2CC1C.Cl.Cl. The fourth-order valence-electron chi connectivity index (χ4n) is 6.67. The third-order valence-corrected chi connectivity index (χ3v) is 26.6. The molecular weight excluding hydrogens is 454 g/mol. The van der Waals surface area contributed by atoms with Crippen molar-refractivity contribution in [3.8, 4) is 0 Å². The predicted octanol–water partition coefficient (Wildman–Crippen LogP) is 6.03. The Morgan fingerprint density at radius 2 is 1.08 bits per heavy atom. The van der Waals surface area contributed by atoms with Crippen LogP contribution in [-0.4, -0.2) is 6.88 Å². The summed E-state index contributed by atoms with van der Waals surface area (Å²) >= 11 is -3.01. The van der Waals surface area contributed by atoms with E-state index >= 15 is 0 Å². The molecule has 2 aromatic carbocycles. The molecule has 0 fully saturated rings. The maximum atomic E-state index is 2.77. The summed E-state index contributed by atoms with van der Waals surface area (Å²) in [5.41, 5.74) is 6.66. The van der Waals surface area contributed by atoms with Crippen molar-refractivity contribution in [2.24, 2.45) is 11.8 Å². The summed E-state index contributed by atoms with van der Waals surface area (Å²) in [6.07, 6.45) is 2.57. The van der Waals surface area contributed by atoms with Crippen LogP contribution in [0.25, 0.3) is 0 Å². The van der Waals surface area contributed by atoms with Gasteiger partial charge in [-0.15, -0.1) is 24.8 Å². The first-order chi connectivity index (χ1) is 11.3. The van der Waals surface area contributed by atoms with Gasteiger partial charge in [0.2, 0.25) is 0 Å². The minimum absolute atomic E-state index is 0. The number of halogens is 2. The Morgan fingerprint density at radius 1 is 0.731 bits per heavy atom. The normalized spacial score (nSPS) is 27.1. The zero-order valence-electron chi connectivity index (χ0n) is 16.4. The van der Waals surface area contributed by atoms with Crippen LogP contribution in [0, 0.1) is 11.8 Å². The summed E-state index contributed by atoms with van der Waals surface area (Å²) in [5, 5.41) is 0. The summed E-state index contributed by atoms with van der Waals surface area (Å²) < 4.78 is 7.21. The molecule has 4 rings (SSSR count). The summed E-state index contributed by atoms with van der Waals surface area (Å²) in [4.78, 5) is 0. The van der Waals surface area contributed by atoms with Crippen LogP contribution in [0.5, 0.6) is 0 Å². The third kappa shape index (κ3) is 3.34. The van der Waals surface area contributed by atoms with Gasteiger partial charge < -0.3 is 0 Å². The van der Waals surface area contributed by atoms with E-state index in [9.17, 15) is 0 Å². The van der Waals surface area contributed by atoms with Gasteiger partial charge in [-0.05, 0) is 0 Å². The molecule has 2 aliphatic carbocycles. The fourth-order valence-corrected chi connectivity index (χ4v) is 31.2. The average molecular weight is 487 g/mol. The van der Waals surface area contributed by atoms with Crippen molar-refractivity contribution in [2.75, 3.05) is 0 Å². The molecule has 2 aliphatic rings. The molecule has 0 N–H and O–H groups in total. The molecule has 0 aliphatic heterocycles. The molecule has 0 heterocycles. The maximum Gasteiger partial charge on any atom is -0.147 e. The first kappa shape index (κ1) is 22.4. The molecule has 142 valence electrons. The van der Waals surface area contributed by atoms with Gasteiger partial charge >= 0.3 is 150 Å². The van der Waals surface area contributed by atoms with Gasteiger partial charge in [-0.2, -0.15) is 0 Å². The van der Waals surface area contributed by atoms with E-state index < -0.39 is 17.4 Å². The van der Waals surface area contributed by atoms with Crippen LogP contribution >= 0.6 is 24.8 Å². The second kappa shape index (κ2) is 7.51. The standard InChI is InChI=1S/2C10H11.2CH3.2ClH.H2Si.Zr/c2*1-8-6-9-4-2-3-5-10(9)7-8;;;;;;/h2*2-6,8H,7H2,1H3;2*1H3;2*1H;1H2;. The van der Waals surface area contributed by atoms with Crippen LogP contribution < -0.4 is 0 Å². The second-order valence-corrected chi connectivity index (χ2v) is 40.3. The first-order valence-electron chi connectivity index (χ1n) is 9.51. The fraction of sp³-hybridized carbons (Fsp3) is 0.455. The molecular formula is C22H32Cl2SiZr. The van der Waals surface area contributed by atoms with Gasteiger partial charge in [0, 0.05) is 0 Å². The van der Waals surface area contributed by atoms with E-state index in [-0.39, 0.29) is 24.8 Å². The number of fused-ring (bicyclic) bond motifs is 2. The Bertz CT molecular complexity index is 804. The molecule has 0 saturated heterocycles. The quantitative estimate of drug-likeness (QED) is 0.455. The Labute approximate surface area is 173 Å². The van der Waals surface area contributed by atoms with E-state index in [4.69, 9.17) is 0 Å². The van der Waals surface area contributed by atoms with Crippen LogP contribution in [0.3, 0.4) is 0 Å².